The van der Waals surface area contributed by atoms with Crippen LogP contribution in [0, 0.1) is 6.92 Å². The molecule has 0 unspecified atom stereocenters. The lowest BCUT2D eigenvalue weighted by Gasteiger charge is -2.03. The fourth-order valence-corrected chi connectivity index (χ4v) is 1.96. The number of nitrogens with zero attached hydrogens (tertiary/aromatic N) is 1. The van der Waals surface area contributed by atoms with Gasteiger partial charge in [0.1, 0.15) is 0 Å². The molecule has 0 radical (unpaired) electrons. The van der Waals surface area contributed by atoms with Crippen LogP contribution >= 0.6 is 0 Å². The molecule has 96 valence electrons. The predicted octanol–water partition coefficient (Wildman–Crippen LogP) is 1.73. The zero-order valence-electron chi connectivity index (χ0n) is 10.2. The summed E-state index contributed by atoms with van der Waals surface area (Å²) in [4.78, 5) is 23.2. The fraction of sp³-hybridized carbons (Fsp3) is 0.154. The summed E-state index contributed by atoms with van der Waals surface area (Å²) in [5, 5.41) is 8.99. The second-order valence-corrected chi connectivity index (χ2v) is 4.38. The van der Waals surface area contributed by atoms with Crippen LogP contribution in [0.1, 0.15) is 21.6 Å². The number of nitrogens with one attached hydrogen (secondary N) is 2. The van der Waals surface area contributed by atoms with E-state index in [4.69, 9.17) is 4.52 Å². The van der Waals surface area contributed by atoms with Gasteiger partial charge in [0.2, 0.25) is 11.8 Å². The summed E-state index contributed by atoms with van der Waals surface area (Å²) in [7, 11) is 0. The van der Waals surface area contributed by atoms with Crippen LogP contribution < -0.4 is 10.6 Å². The molecule has 2 aromatic rings. The van der Waals surface area contributed by atoms with E-state index in [9.17, 15) is 9.59 Å². The highest BCUT2D eigenvalue weighted by molar-refractivity contribution is 6.06. The smallest absolute Gasteiger partial charge is 0.258 e. The Hall–Kier alpha value is -2.63. The molecule has 19 heavy (non-hydrogen) atoms. The fourth-order valence-electron chi connectivity index (χ4n) is 1.96. The van der Waals surface area contributed by atoms with Crippen LogP contribution in [0.5, 0.6) is 0 Å². The van der Waals surface area contributed by atoms with E-state index in [1.165, 1.54) is 0 Å². The number of hydrogen-bond acceptors (Lipinski definition) is 4. The Balaban J connectivity index is 1.81. The molecule has 0 bridgehead atoms. The highest BCUT2D eigenvalue weighted by atomic mass is 16.5. The standard InChI is InChI=1S/C13H11N3O3/c1-7-4-12(19-16-7)15-13(18)9-3-2-8-6-11(17)14-10(8)5-9/h2-5H,6H2,1H3,(H,14,17)(H,15,18). The van der Waals surface area contributed by atoms with E-state index in [0.29, 0.717) is 29.2 Å². The Morgan fingerprint density at radius 3 is 3.00 bits per heavy atom. The number of fused-ring (bicyclic) bond motifs is 1. The molecule has 0 spiro atoms. The highest BCUT2D eigenvalue weighted by Crippen LogP contribution is 2.24. The maximum absolute atomic E-state index is 12.0. The average molecular weight is 257 g/mol. The van der Waals surface area contributed by atoms with Gasteiger partial charge in [-0.05, 0) is 24.6 Å². The van der Waals surface area contributed by atoms with Gasteiger partial charge in [0.05, 0.1) is 12.1 Å². The number of carbonyl (C=O) groups is 2. The van der Waals surface area contributed by atoms with Crippen LogP contribution in [0.25, 0.3) is 0 Å². The van der Waals surface area contributed by atoms with Crippen molar-refractivity contribution in [3.05, 3.63) is 41.1 Å². The van der Waals surface area contributed by atoms with Gasteiger partial charge in [0, 0.05) is 17.3 Å². The summed E-state index contributed by atoms with van der Waals surface area (Å²) in [6, 6.07) is 6.73. The van der Waals surface area contributed by atoms with E-state index < -0.39 is 0 Å². The second-order valence-electron chi connectivity index (χ2n) is 4.38. The topological polar surface area (TPSA) is 84.2 Å². The minimum Gasteiger partial charge on any atom is -0.338 e. The van der Waals surface area contributed by atoms with Crippen molar-refractivity contribution in [2.45, 2.75) is 13.3 Å². The quantitative estimate of drug-likeness (QED) is 0.858. The zero-order valence-corrected chi connectivity index (χ0v) is 10.2. The Kier molecular flexibility index (Phi) is 2.56. The van der Waals surface area contributed by atoms with Gasteiger partial charge in [-0.25, -0.2) is 0 Å². The van der Waals surface area contributed by atoms with Gasteiger partial charge in [-0.1, -0.05) is 11.2 Å². The molecular weight excluding hydrogens is 246 g/mol. The average Bonchev–Trinajstić information content (AvgIpc) is 2.93. The maximum Gasteiger partial charge on any atom is 0.258 e. The van der Waals surface area contributed by atoms with Gasteiger partial charge in [-0.3, -0.25) is 14.9 Å². The lowest BCUT2D eigenvalue weighted by molar-refractivity contribution is -0.115. The van der Waals surface area contributed by atoms with Crippen molar-refractivity contribution in [2.24, 2.45) is 0 Å². The van der Waals surface area contributed by atoms with E-state index >= 15 is 0 Å². The number of amides is 2. The largest absolute Gasteiger partial charge is 0.338 e. The molecule has 3 rings (SSSR count). The molecule has 0 atom stereocenters. The van der Waals surface area contributed by atoms with Crippen LogP contribution in [0.15, 0.2) is 28.8 Å². The van der Waals surface area contributed by atoms with E-state index in [-0.39, 0.29) is 11.8 Å². The second kappa shape index (κ2) is 4.24. The first-order valence-corrected chi connectivity index (χ1v) is 5.79. The van der Waals surface area contributed by atoms with Crippen molar-refractivity contribution in [3.8, 4) is 0 Å². The first-order chi connectivity index (χ1) is 9.11. The molecule has 2 heterocycles. The lowest BCUT2D eigenvalue weighted by atomic mass is 10.1. The van der Waals surface area contributed by atoms with Gasteiger partial charge in [-0.2, -0.15) is 0 Å². The van der Waals surface area contributed by atoms with Gasteiger partial charge in [-0.15, -0.1) is 0 Å². The molecule has 0 fully saturated rings. The number of carbonyl (C=O) groups excluding carboxylic acids is 2. The number of rotatable bonds is 2. The van der Waals surface area contributed by atoms with Crippen molar-refractivity contribution in [1.29, 1.82) is 0 Å². The minimum absolute atomic E-state index is 0.0570. The van der Waals surface area contributed by atoms with Gasteiger partial charge < -0.3 is 9.84 Å². The first kappa shape index (κ1) is 11.5. The Morgan fingerprint density at radius 2 is 2.26 bits per heavy atom. The molecule has 6 nitrogen and oxygen atoms in total. The van der Waals surface area contributed by atoms with Crippen molar-refractivity contribution in [2.75, 3.05) is 10.6 Å². The molecule has 0 aliphatic carbocycles. The van der Waals surface area contributed by atoms with Crippen molar-refractivity contribution in [3.63, 3.8) is 0 Å². The number of aryl methyl sites for hydroxylation is 1. The van der Waals surface area contributed by atoms with Crippen LogP contribution in [-0.4, -0.2) is 17.0 Å². The molecular formula is C13H11N3O3. The number of aromatic nitrogens is 1. The monoisotopic (exact) mass is 257 g/mol. The van der Waals surface area contributed by atoms with Crippen molar-refractivity contribution >= 4 is 23.4 Å². The zero-order chi connectivity index (χ0) is 13.4. The molecule has 2 amide bonds. The molecule has 1 aliphatic heterocycles. The van der Waals surface area contributed by atoms with E-state index in [1.54, 1.807) is 31.2 Å². The number of benzene rings is 1. The maximum atomic E-state index is 12.0. The minimum atomic E-state index is -0.305. The Morgan fingerprint density at radius 1 is 1.42 bits per heavy atom. The molecule has 6 heteroatoms. The Bertz CT molecular complexity index is 676. The third-order valence-corrected chi connectivity index (χ3v) is 2.86. The molecule has 1 aromatic carbocycles. The molecule has 1 aliphatic rings. The normalized spacial score (nSPS) is 13.0. The summed E-state index contributed by atoms with van der Waals surface area (Å²) in [5.41, 5.74) is 2.73. The van der Waals surface area contributed by atoms with Crippen molar-refractivity contribution < 1.29 is 14.1 Å². The molecule has 0 saturated carbocycles. The summed E-state index contributed by atoms with van der Waals surface area (Å²) >= 11 is 0. The molecule has 0 saturated heterocycles. The van der Waals surface area contributed by atoms with Crippen LogP contribution in [0.3, 0.4) is 0 Å². The van der Waals surface area contributed by atoms with Gasteiger partial charge in [0.15, 0.2) is 0 Å². The van der Waals surface area contributed by atoms with Crippen LogP contribution in [0.2, 0.25) is 0 Å². The van der Waals surface area contributed by atoms with E-state index in [2.05, 4.69) is 15.8 Å². The molecule has 2 N–H and O–H groups in total. The highest BCUT2D eigenvalue weighted by Gasteiger charge is 2.19. The number of hydrogen-bond donors (Lipinski definition) is 2. The summed E-state index contributed by atoms with van der Waals surface area (Å²) < 4.78 is 4.91. The van der Waals surface area contributed by atoms with E-state index in [0.717, 1.165) is 5.56 Å². The van der Waals surface area contributed by atoms with E-state index in [1.807, 2.05) is 0 Å². The first-order valence-electron chi connectivity index (χ1n) is 5.79. The molecule has 1 aromatic heterocycles. The lowest BCUT2D eigenvalue weighted by Crippen LogP contribution is -2.11. The van der Waals surface area contributed by atoms with Crippen molar-refractivity contribution in [1.82, 2.24) is 5.16 Å². The number of anilines is 2. The van der Waals surface area contributed by atoms with Crippen LogP contribution in [-0.2, 0) is 11.2 Å². The Labute approximate surface area is 108 Å². The predicted molar refractivity (Wildman–Crippen MR) is 68.0 cm³/mol. The summed E-state index contributed by atoms with van der Waals surface area (Å²) in [6.45, 7) is 1.77. The summed E-state index contributed by atoms with van der Waals surface area (Å²) in [5.74, 6) is -0.0643. The summed E-state index contributed by atoms with van der Waals surface area (Å²) in [6.07, 6.45) is 0.360. The SMILES string of the molecule is Cc1cc(NC(=O)c2ccc3c(c2)NC(=O)C3)on1. The van der Waals surface area contributed by atoms with Gasteiger partial charge in [0.25, 0.3) is 5.91 Å². The third kappa shape index (κ3) is 2.20. The van der Waals surface area contributed by atoms with Crippen LogP contribution in [0.4, 0.5) is 11.6 Å². The third-order valence-electron chi connectivity index (χ3n) is 2.86. The van der Waals surface area contributed by atoms with Gasteiger partial charge >= 0.3 is 0 Å².